The number of hydrogen-bond donors (Lipinski definition) is 1. The smallest absolute Gasteiger partial charge is 0.252 e. The van der Waals surface area contributed by atoms with E-state index < -0.39 is 0 Å². The second-order valence-electron chi connectivity index (χ2n) is 5.19. The molecule has 0 spiro atoms. The first-order chi connectivity index (χ1) is 11.7. The molecule has 0 aliphatic carbocycles. The van der Waals surface area contributed by atoms with Gasteiger partial charge in [-0.15, -0.1) is 16.6 Å². The average molecular weight is 317 g/mol. The van der Waals surface area contributed by atoms with Crippen LogP contribution >= 0.6 is 0 Å². The molecule has 1 amide bonds. The maximum atomic E-state index is 11.8. The first kappa shape index (κ1) is 15.5. The van der Waals surface area contributed by atoms with Crippen LogP contribution < -0.4 is 5.32 Å². The molecular weight excluding hydrogens is 302 g/mol. The summed E-state index contributed by atoms with van der Waals surface area (Å²) in [4.78, 5) is 11.8. The van der Waals surface area contributed by atoms with Crippen LogP contribution in [0.4, 0.5) is 0 Å². The van der Waals surface area contributed by atoms with Crippen LogP contribution in [0.5, 0.6) is 0 Å². The molecule has 0 aliphatic rings. The molecule has 2 aromatic carbocycles. The van der Waals surface area contributed by atoms with E-state index >= 15 is 0 Å². The van der Waals surface area contributed by atoms with E-state index in [1.807, 2.05) is 31.2 Å². The zero-order valence-electron chi connectivity index (χ0n) is 13.1. The molecule has 0 radical (unpaired) electrons. The van der Waals surface area contributed by atoms with Crippen LogP contribution in [0.3, 0.4) is 0 Å². The summed E-state index contributed by atoms with van der Waals surface area (Å²) in [5.41, 5.74) is 3.23. The number of aryl methyl sites for hydroxylation is 1. The highest BCUT2D eigenvalue weighted by Gasteiger charge is 2.12. The number of amides is 1. The molecule has 1 aromatic heterocycles. The first-order valence-electron chi connectivity index (χ1n) is 7.40. The first-order valence-corrected chi connectivity index (χ1v) is 7.40. The lowest BCUT2D eigenvalue weighted by Crippen LogP contribution is -2.23. The highest BCUT2D eigenvalue weighted by Crippen LogP contribution is 2.26. The molecule has 118 valence electrons. The molecule has 0 unspecified atom stereocenters. The number of nitrogens with one attached hydrogen (secondary N) is 1. The number of carbonyl (C=O) groups is 1. The van der Waals surface area contributed by atoms with Gasteiger partial charge in [0.25, 0.3) is 5.91 Å². The van der Waals surface area contributed by atoms with Crippen molar-refractivity contribution in [1.82, 2.24) is 15.5 Å². The van der Waals surface area contributed by atoms with Crippen molar-refractivity contribution in [1.29, 1.82) is 0 Å². The Balaban J connectivity index is 1.82. The zero-order valence-corrected chi connectivity index (χ0v) is 13.1. The quantitative estimate of drug-likeness (QED) is 0.751. The van der Waals surface area contributed by atoms with Gasteiger partial charge in [-0.25, -0.2) is 0 Å². The van der Waals surface area contributed by atoms with Crippen molar-refractivity contribution < 1.29 is 9.21 Å². The number of nitrogens with zero attached hydrogens (tertiary/aromatic N) is 2. The molecular formula is C19H15N3O2. The van der Waals surface area contributed by atoms with E-state index in [0.29, 0.717) is 17.3 Å². The van der Waals surface area contributed by atoms with Gasteiger partial charge in [0, 0.05) is 16.7 Å². The molecule has 0 aliphatic heterocycles. The predicted molar refractivity (Wildman–Crippen MR) is 91.1 cm³/mol. The van der Waals surface area contributed by atoms with Gasteiger partial charge >= 0.3 is 0 Å². The summed E-state index contributed by atoms with van der Waals surface area (Å²) in [5, 5.41) is 10.8. The third kappa shape index (κ3) is 3.18. The summed E-state index contributed by atoms with van der Waals surface area (Å²) in [5.74, 6) is 3.02. The van der Waals surface area contributed by atoms with Gasteiger partial charge in [0.2, 0.25) is 11.8 Å². The Labute approximate surface area is 139 Å². The van der Waals surface area contributed by atoms with Crippen molar-refractivity contribution in [3.8, 4) is 35.3 Å². The third-order valence-corrected chi connectivity index (χ3v) is 3.55. The van der Waals surface area contributed by atoms with Gasteiger partial charge in [-0.05, 0) is 42.8 Å². The topological polar surface area (TPSA) is 68.0 Å². The molecule has 0 saturated heterocycles. The van der Waals surface area contributed by atoms with Crippen LogP contribution in [0, 0.1) is 19.3 Å². The molecule has 3 aromatic rings. The second-order valence-corrected chi connectivity index (χ2v) is 5.19. The predicted octanol–water partition coefficient (Wildman–Crippen LogP) is 3.08. The van der Waals surface area contributed by atoms with Gasteiger partial charge in [-0.1, -0.05) is 24.1 Å². The fraction of sp³-hybridized carbons (Fsp3) is 0.105. The minimum atomic E-state index is -0.217. The Morgan fingerprint density at radius 1 is 1.12 bits per heavy atom. The van der Waals surface area contributed by atoms with Gasteiger partial charge in [0.05, 0.1) is 6.54 Å². The Bertz CT molecular complexity index is 905. The molecule has 1 N–H and O–H groups in total. The molecule has 5 heteroatoms. The van der Waals surface area contributed by atoms with Crippen molar-refractivity contribution in [2.45, 2.75) is 6.92 Å². The number of benzene rings is 2. The third-order valence-electron chi connectivity index (χ3n) is 3.55. The average Bonchev–Trinajstić information content (AvgIpc) is 3.10. The van der Waals surface area contributed by atoms with Crippen LogP contribution in [0.15, 0.2) is 52.9 Å². The Morgan fingerprint density at radius 2 is 1.83 bits per heavy atom. The van der Waals surface area contributed by atoms with Crippen molar-refractivity contribution in [3.05, 3.63) is 59.7 Å². The Hall–Kier alpha value is -3.39. The van der Waals surface area contributed by atoms with Crippen LogP contribution in [-0.4, -0.2) is 22.6 Å². The Kier molecular flexibility index (Phi) is 4.39. The number of aromatic nitrogens is 2. The van der Waals surface area contributed by atoms with Crippen LogP contribution in [-0.2, 0) is 0 Å². The molecule has 3 rings (SSSR count). The standard InChI is InChI=1S/C19H15N3O2/c1-3-12-20-17(23)14-8-10-15(11-9-14)18-21-22-19(24-18)16-7-5-4-6-13(16)2/h1,4-11H,12H2,2H3,(H,20,23). The van der Waals surface area contributed by atoms with Crippen molar-refractivity contribution in [2.75, 3.05) is 6.54 Å². The van der Waals surface area contributed by atoms with Crippen LogP contribution in [0.2, 0.25) is 0 Å². The highest BCUT2D eigenvalue weighted by molar-refractivity contribution is 5.94. The largest absolute Gasteiger partial charge is 0.416 e. The second kappa shape index (κ2) is 6.80. The van der Waals surface area contributed by atoms with Gasteiger partial charge in [0.1, 0.15) is 0 Å². The Morgan fingerprint density at radius 3 is 2.54 bits per heavy atom. The van der Waals surface area contributed by atoms with Crippen LogP contribution in [0.1, 0.15) is 15.9 Å². The minimum absolute atomic E-state index is 0.198. The van der Waals surface area contributed by atoms with Gasteiger partial charge in [-0.3, -0.25) is 4.79 Å². The van der Waals surface area contributed by atoms with E-state index in [4.69, 9.17) is 10.8 Å². The molecule has 24 heavy (non-hydrogen) atoms. The van der Waals surface area contributed by atoms with Crippen molar-refractivity contribution in [3.63, 3.8) is 0 Å². The summed E-state index contributed by atoms with van der Waals surface area (Å²) in [6.45, 7) is 2.19. The molecule has 0 fully saturated rings. The van der Waals surface area contributed by atoms with E-state index in [1.165, 1.54) is 0 Å². The number of hydrogen-bond acceptors (Lipinski definition) is 4. The molecule has 1 heterocycles. The maximum absolute atomic E-state index is 11.8. The number of rotatable bonds is 4. The van der Waals surface area contributed by atoms with Crippen molar-refractivity contribution >= 4 is 5.91 Å². The van der Waals surface area contributed by atoms with E-state index in [1.54, 1.807) is 24.3 Å². The van der Waals surface area contributed by atoms with Gasteiger partial charge in [0.15, 0.2) is 0 Å². The minimum Gasteiger partial charge on any atom is -0.416 e. The van der Waals surface area contributed by atoms with Crippen LogP contribution in [0.25, 0.3) is 22.9 Å². The zero-order chi connectivity index (χ0) is 16.9. The van der Waals surface area contributed by atoms with Crippen molar-refractivity contribution in [2.24, 2.45) is 0 Å². The summed E-state index contributed by atoms with van der Waals surface area (Å²) in [7, 11) is 0. The number of terminal acetylenes is 1. The summed E-state index contributed by atoms with van der Waals surface area (Å²) in [6.07, 6.45) is 5.12. The van der Waals surface area contributed by atoms with Gasteiger partial charge < -0.3 is 9.73 Å². The summed E-state index contributed by atoms with van der Waals surface area (Å²) >= 11 is 0. The molecule has 0 atom stereocenters. The maximum Gasteiger partial charge on any atom is 0.252 e. The normalized spacial score (nSPS) is 10.2. The van der Waals surface area contributed by atoms with E-state index in [-0.39, 0.29) is 12.5 Å². The summed E-state index contributed by atoms with van der Waals surface area (Å²) < 4.78 is 5.75. The van der Waals surface area contributed by atoms with E-state index in [2.05, 4.69) is 21.4 Å². The molecule has 5 nitrogen and oxygen atoms in total. The molecule has 0 bridgehead atoms. The van der Waals surface area contributed by atoms with E-state index in [0.717, 1.165) is 16.7 Å². The molecule has 0 saturated carbocycles. The lowest BCUT2D eigenvalue weighted by atomic mass is 10.1. The lowest BCUT2D eigenvalue weighted by Gasteiger charge is -2.02. The summed E-state index contributed by atoms with van der Waals surface area (Å²) in [6, 6.07) is 14.7. The monoisotopic (exact) mass is 317 g/mol. The highest BCUT2D eigenvalue weighted by atomic mass is 16.4. The lowest BCUT2D eigenvalue weighted by molar-refractivity contribution is 0.0958. The number of carbonyl (C=O) groups excluding carboxylic acids is 1. The fourth-order valence-electron chi connectivity index (χ4n) is 2.26. The fourth-order valence-corrected chi connectivity index (χ4v) is 2.26. The van der Waals surface area contributed by atoms with E-state index in [9.17, 15) is 4.79 Å². The SMILES string of the molecule is C#CCNC(=O)c1ccc(-c2nnc(-c3ccccc3C)o2)cc1. The van der Waals surface area contributed by atoms with Gasteiger partial charge in [-0.2, -0.15) is 0 Å².